The third-order valence-corrected chi connectivity index (χ3v) is 2.74. The number of aromatic nitrogens is 2. The lowest BCUT2D eigenvalue weighted by molar-refractivity contribution is -0.480. The molecule has 0 radical (unpaired) electrons. The first-order valence-corrected chi connectivity index (χ1v) is 6.57. The van der Waals surface area contributed by atoms with E-state index in [0.717, 1.165) is 0 Å². The SMILES string of the molecule is CCOC(=O)C(CC[N+](=O)[O-])c1ccnc(C(C)C)n1. The van der Waals surface area contributed by atoms with Crippen LogP contribution < -0.4 is 0 Å². The minimum atomic E-state index is -0.721. The summed E-state index contributed by atoms with van der Waals surface area (Å²) in [7, 11) is 0. The molecule has 0 N–H and O–H groups in total. The van der Waals surface area contributed by atoms with E-state index in [0.29, 0.717) is 11.5 Å². The molecule has 0 spiro atoms. The van der Waals surface area contributed by atoms with Crippen LogP contribution in [0.4, 0.5) is 0 Å². The van der Waals surface area contributed by atoms with Gasteiger partial charge in [-0.15, -0.1) is 0 Å². The van der Waals surface area contributed by atoms with Crippen LogP contribution in [0.1, 0.15) is 50.5 Å². The van der Waals surface area contributed by atoms with Crippen LogP contribution in [0.5, 0.6) is 0 Å². The average molecular weight is 281 g/mol. The number of carbonyl (C=O) groups excluding carboxylic acids is 1. The molecule has 0 fully saturated rings. The minimum absolute atomic E-state index is 0.0698. The molecule has 0 aliphatic carbocycles. The third kappa shape index (κ3) is 4.56. The van der Waals surface area contributed by atoms with Crippen molar-refractivity contribution in [2.24, 2.45) is 0 Å². The average Bonchev–Trinajstić information content (AvgIpc) is 2.39. The van der Waals surface area contributed by atoms with Crippen molar-refractivity contribution in [3.8, 4) is 0 Å². The van der Waals surface area contributed by atoms with Crippen molar-refractivity contribution in [3.05, 3.63) is 33.9 Å². The number of carbonyl (C=O) groups is 1. The number of nitrogens with zero attached hydrogens (tertiary/aromatic N) is 3. The van der Waals surface area contributed by atoms with Crippen LogP contribution >= 0.6 is 0 Å². The lowest BCUT2D eigenvalue weighted by atomic mass is 10.0. The van der Waals surface area contributed by atoms with Gasteiger partial charge in [-0.3, -0.25) is 14.9 Å². The van der Waals surface area contributed by atoms with E-state index < -0.39 is 16.8 Å². The lowest BCUT2D eigenvalue weighted by Gasteiger charge is -2.14. The molecule has 0 bridgehead atoms. The summed E-state index contributed by atoms with van der Waals surface area (Å²) >= 11 is 0. The second-order valence-electron chi connectivity index (χ2n) is 4.64. The minimum Gasteiger partial charge on any atom is -0.465 e. The topological polar surface area (TPSA) is 95.2 Å². The molecule has 0 aliphatic rings. The largest absolute Gasteiger partial charge is 0.465 e. The van der Waals surface area contributed by atoms with Crippen LogP contribution in [-0.2, 0) is 9.53 Å². The maximum absolute atomic E-state index is 11.9. The summed E-state index contributed by atoms with van der Waals surface area (Å²) in [6.07, 6.45) is 1.64. The molecule has 1 aromatic rings. The lowest BCUT2D eigenvalue weighted by Crippen LogP contribution is -2.21. The van der Waals surface area contributed by atoms with Gasteiger partial charge in [-0.05, 0) is 13.0 Å². The summed E-state index contributed by atoms with van der Waals surface area (Å²) in [5.74, 6) is -0.477. The van der Waals surface area contributed by atoms with Crippen LogP contribution in [0, 0.1) is 10.1 Å². The quantitative estimate of drug-likeness (QED) is 0.430. The van der Waals surface area contributed by atoms with Crippen molar-refractivity contribution in [2.45, 2.75) is 39.0 Å². The molecule has 1 aromatic heterocycles. The monoisotopic (exact) mass is 281 g/mol. The molecule has 1 heterocycles. The normalized spacial score (nSPS) is 12.2. The fourth-order valence-corrected chi connectivity index (χ4v) is 1.72. The fraction of sp³-hybridized carbons (Fsp3) is 0.615. The van der Waals surface area contributed by atoms with Gasteiger partial charge in [0.1, 0.15) is 11.7 Å². The highest BCUT2D eigenvalue weighted by atomic mass is 16.6. The predicted molar refractivity (Wildman–Crippen MR) is 72.0 cm³/mol. The first-order chi connectivity index (χ1) is 9.45. The number of hydrogen-bond acceptors (Lipinski definition) is 6. The van der Waals surface area contributed by atoms with E-state index in [-0.39, 0.29) is 25.5 Å². The molecule has 20 heavy (non-hydrogen) atoms. The highest BCUT2D eigenvalue weighted by Crippen LogP contribution is 2.21. The van der Waals surface area contributed by atoms with Gasteiger partial charge in [0.2, 0.25) is 6.54 Å². The van der Waals surface area contributed by atoms with E-state index in [4.69, 9.17) is 4.74 Å². The molecule has 0 saturated heterocycles. The number of ether oxygens (including phenoxy) is 1. The molecule has 7 heteroatoms. The van der Waals surface area contributed by atoms with Gasteiger partial charge in [0.15, 0.2) is 0 Å². The molecule has 0 amide bonds. The molecular formula is C13H19N3O4. The Bertz CT molecular complexity index is 476. The second-order valence-corrected chi connectivity index (χ2v) is 4.64. The van der Waals surface area contributed by atoms with Crippen molar-refractivity contribution in [3.63, 3.8) is 0 Å². The number of rotatable bonds is 7. The van der Waals surface area contributed by atoms with Crippen LogP contribution in [0.3, 0.4) is 0 Å². The highest BCUT2D eigenvalue weighted by Gasteiger charge is 2.26. The number of esters is 1. The van der Waals surface area contributed by atoms with E-state index in [2.05, 4.69) is 9.97 Å². The van der Waals surface area contributed by atoms with Gasteiger partial charge in [-0.25, -0.2) is 9.97 Å². The van der Waals surface area contributed by atoms with E-state index in [1.54, 1.807) is 19.2 Å². The zero-order valence-electron chi connectivity index (χ0n) is 11.9. The summed E-state index contributed by atoms with van der Waals surface area (Å²) in [5, 5.41) is 10.5. The summed E-state index contributed by atoms with van der Waals surface area (Å²) in [4.78, 5) is 30.4. The molecule has 1 unspecified atom stereocenters. The first kappa shape index (κ1) is 16.0. The van der Waals surface area contributed by atoms with Crippen molar-refractivity contribution in [1.29, 1.82) is 0 Å². The third-order valence-electron chi connectivity index (χ3n) is 2.74. The molecule has 0 saturated carbocycles. The van der Waals surface area contributed by atoms with Gasteiger partial charge in [0.25, 0.3) is 0 Å². The Labute approximate surface area is 117 Å². The zero-order valence-corrected chi connectivity index (χ0v) is 11.9. The highest BCUT2D eigenvalue weighted by molar-refractivity contribution is 5.77. The van der Waals surface area contributed by atoms with E-state index >= 15 is 0 Å². The molecular weight excluding hydrogens is 262 g/mol. The van der Waals surface area contributed by atoms with E-state index in [1.165, 1.54) is 0 Å². The van der Waals surface area contributed by atoms with Gasteiger partial charge in [-0.1, -0.05) is 13.8 Å². The number of nitro groups is 1. The molecule has 7 nitrogen and oxygen atoms in total. The summed E-state index contributed by atoms with van der Waals surface area (Å²) in [6.45, 7) is 5.51. The maximum atomic E-state index is 11.9. The van der Waals surface area contributed by atoms with E-state index in [9.17, 15) is 14.9 Å². The Hall–Kier alpha value is -2.05. The van der Waals surface area contributed by atoms with Crippen LogP contribution in [0.2, 0.25) is 0 Å². The Kier molecular flexibility index (Phi) is 6.02. The first-order valence-electron chi connectivity index (χ1n) is 6.57. The predicted octanol–water partition coefficient (Wildman–Crippen LogP) is 1.91. The van der Waals surface area contributed by atoms with Crippen molar-refractivity contribution in [2.75, 3.05) is 13.2 Å². The summed E-state index contributed by atoms with van der Waals surface area (Å²) in [5.41, 5.74) is 0.476. The molecule has 110 valence electrons. The van der Waals surface area contributed by atoms with Crippen LogP contribution in [-0.4, -0.2) is 34.0 Å². The maximum Gasteiger partial charge on any atom is 0.315 e. The van der Waals surface area contributed by atoms with Gasteiger partial charge in [0, 0.05) is 23.5 Å². The second kappa shape index (κ2) is 7.52. The van der Waals surface area contributed by atoms with E-state index in [1.807, 2.05) is 13.8 Å². The van der Waals surface area contributed by atoms with Gasteiger partial charge < -0.3 is 4.74 Å². The van der Waals surface area contributed by atoms with Gasteiger partial charge >= 0.3 is 5.97 Å². The Balaban J connectivity index is 2.99. The van der Waals surface area contributed by atoms with Crippen LogP contribution in [0.25, 0.3) is 0 Å². The van der Waals surface area contributed by atoms with Crippen molar-refractivity contribution < 1.29 is 14.5 Å². The molecule has 0 aliphatic heterocycles. The van der Waals surface area contributed by atoms with Gasteiger partial charge in [0.05, 0.1) is 12.3 Å². The Morgan fingerprint density at radius 1 is 1.50 bits per heavy atom. The Morgan fingerprint density at radius 3 is 2.75 bits per heavy atom. The van der Waals surface area contributed by atoms with Gasteiger partial charge in [-0.2, -0.15) is 0 Å². The number of hydrogen-bond donors (Lipinski definition) is 0. The Morgan fingerprint density at radius 2 is 2.20 bits per heavy atom. The standard InChI is InChI=1S/C13H19N3O4/c1-4-20-13(17)10(6-8-16(18)19)11-5-7-14-12(15-11)9(2)3/h5,7,9-10H,4,6,8H2,1-3H3. The van der Waals surface area contributed by atoms with Crippen molar-refractivity contribution >= 4 is 5.97 Å². The van der Waals surface area contributed by atoms with Crippen LogP contribution in [0.15, 0.2) is 12.3 Å². The summed E-state index contributed by atoms with van der Waals surface area (Å²) in [6, 6.07) is 1.60. The summed E-state index contributed by atoms with van der Waals surface area (Å²) < 4.78 is 4.97. The molecule has 1 rings (SSSR count). The molecule has 0 aromatic carbocycles. The zero-order chi connectivity index (χ0) is 15.1. The smallest absolute Gasteiger partial charge is 0.315 e. The fourth-order valence-electron chi connectivity index (χ4n) is 1.72. The molecule has 1 atom stereocenters. The van der Waals surface area contributed by atoms with Crippen molar-refractivity contribution in [1.82, 2.24) is 9.97 Å².